The van der Waals surface area contributed by atoms with Crippen molar-refractivity contribution in [3.05, 3.63) is 29.8 Å². The molecule has 3 aliphatic rings. The van der Waals surface area contributed by atoms with Gasteiger partial charge in [0.05, 0.1) is 21.3 Å². The summed E-state index contributed by atoms with van der Waals surface area (Å²) in [7, 11) is 5.05. The fourth-order valence-corrected chi connectivity index (χ4v) is 5.02. The molecule has 2 aliphatic carbocycles. The number of methoxy groups -OCH3 is 3. The third-order valence-corrected chi connectivity index (χ3v) is 6.55. The maximum absolute atomic E-state index is 5.59. The van der Waals surface area contributed by atoms with Crippen molar-refractivity contribution in [3.8, 4) is 17.2 Å². The number of hydrogen-bond acceptors (Lipinski definition) is 5. The minimum absolute atomic E-state index is 0.711. The summed E-state index contributed by atoms with van der Waals surface area (Å²) in [5.41, 5.74) is 1.15. The molecular formula is C22H32N2O3. The predicted molar refractivity (Wildman–Crippen MR) is 107 cm³/mol. The fourth-order valence-electron chi connectivity index (χ4n) is 5.02. The van der Waals surface area contributed by atoms with Crippen molar-refractivity contribution in [3.63, 3.8) is 0 Å². The normalized spacial score (nSPS) is 27.9. The van der Waals surface area contributed by atoms with Crippen LogP contribution in [0.2, 0.25) is 0 Å². The molecule has 5 heteroatoms. The van der Waals surface area contributed by atoms with Gasteiger partial charge in [0.15, 0.2) is 11.5 Å². The number of ether oxygens (including phenoxy) is 3. The Bertz CT molecular complexity index is 682. The number of rotatable bonds is 7. The number of benzene rings is 1. The van der Waals surface area contributed by atoms with Crippen LogP contribution in [0.5, 0.6) is 17.2 Å². The molecule has 2 fully saturated rings. The van der Waals surface area contributed by atoms with E-state index in [0.29, 0.717) is 5.75 Å². The first-order valence-electron chi connectivity index (χ1n) is 10.1. The van der Waals surface area contributed by atoms with Gasteiger partial charge in [0, 0.05) is 50.9 Å². The van der Waals surface area contributed by atoms with Gasteiger partial charge < -0.3 is 19.1 Å². The van der Waals surface area contributed by atoms with Crippen LogP contribution >= 0.6 is 0 Å². The Kier molecular flexibility index (Phi) is 5.60. The van der Waals surface area contributed by atoms with E-state index in [-0.39, 0.29) is 0 Å². The average Bonchev–Trinajstić information content (AvgIpc) is 3.32. The van der Waals surface area contributed by atoms with Crippen LogP contribution in [0.3, 0.4) is 0 Å². The molecule has 0 spiro atoms. The van der Waals surface area contributed by atoms with E-state index < -0.39 is 0 Å². The van der Waals surface area contributed by atoms with Gasteiger partial charge in [-0.15, -0.1) is 0 Å². The predicted octanol–water partition coefficient (Wildman–Crippen LogP) is 3.04. The largest absolute Gasteiger partial charge is 0.496 e. The van der Waals surface area contributed by atoms with Crippen LogP contribution in [0.25, 0.3) is 0 Å². The molecule has 0 N–H and O–H groups in total. The van der Waals surface area contributed by atoms with Crippen LogP contribution in [0.1, 0.15) is 18.4 Å². The molecule has 5 nitrogen and oxygen atoms in total. The summed E-state index contributed by atoms with van der Waals surface area (Å²) in [6, 6.07) is 3.97. The van der Waals surface area contributed by atoms with Crippen molar-refractivity contribution in [2.45, 2.75) is 19.4 Å². The van der Waals surface area contributed by atoms with Gasteiger partial charge in [-0.1, -0.05) is 12.2 Å². The summed E-state index contributed by atoms with van der Waals surface area (Å²) in [5, 5.41) is 0. The van der Waals surface area contributed by atoms with Crippen LogP contribution < -0.4 is 14.2 Å². The van der Waals surface area contributed by atoms with Crippen LogP contribution in [0, 0.1) is 17.8 Å². The molecule has 1 saturated carbocycles. The van der Waals surface area contributed by atoms with Gasteiger partial charge in [0.25, 0.3) is 0 Å². The monoisotopic (exact) mass is 372 g/mol. The first-order valence-corrected chi connectivity index (χ1v) is 10.1. The van der Waals surface area contributed by atoms with Crippen LogP contribution in [0.15, 0.2) is 24.3 Å². The molecule has 1 aromatic rings. The van der Waals surface area contributed by atoms with Crippen LogP contribution in [0.4, 0.5) is 0 Å². The van der Waals surface area contributed by atoms with Crippen molar-refractivity contribution in [2.75, 3.05) is 54.1 Å². The van der Waals surface area contributed by atoms with Crippen LogP contribution in [-0.4, -0.2) is 63.9 Å². The smallest absolute Gasteiger partial charge is 0.164 e. The molecule has 2 bridgehead atoms. The second kappa shape index (κ2) is 8.11. The molecule has 1 aliphatic heterocycles. The lowest BCUT2D eigenvalue weighted by Crippen LogP contribution is -2.47. The fraction of sp³-hybridized carbons (Fsp3) is 0.636. The minimum atomic E-state index is 0.711. The van der Waals surface area contributed by atoms with Gasteiger partial charge >= 0.3 is 0 Å². The van der Waals surface area contributed by atoms with Gasteiger partial charge in [0.1, 0.15) is 5.75 Å². The van der Waals surface area contributed by atoms with E-state index in [1.54, 1.807) is 21.3 Å². The summed E-state index contributed by atoms with van der Waals surface area (Å²) < 4.78 is 16.4. The van der Waals surface area contributed by atoms with E-state index in [1.807, 2.05) is 12.1 Å². The lowest BCUT2D eigenvalue weighted by molar-refractivity contribution is 0.108. The highest BCUT2D eigenvalue weighted by atomic mass is 16.5. The summed E-state index contributed by atoms with van der Waals surface area (Å²) >= 11 is 0. The standard InChI is InChI=1S/C22H32N2O3/c1-25-20-13-22(27-3)21(26-2)12-19(20)15-24-8-6-23(7-9-24)14-18-11-16-4-5-17(18)10-16/h4-5,12-13,16-18H,6-11,14-15H2,1-3H3/t16-,17-,18+/m0/s1. The highest BCUT2D eigenvalue weighted by Gasteiger charge is 2.36. The zero-order valence-electron chi connectivity index (χ0n) is 16.8. The molecular weight excluding hydrogens is 340 g/mol. The van der Waals surface area contributed by atoms with Crippen molar-refractivity contribution < 1.29 is 14.2 Å². The molecule has 4 rings (SSSR count). The topological polar surface area (TPSA) is 34.2 Å². The Morgan fingerprint density at radius 1 is 0.815 bits per heavy atom. The van der Waals surface area contributed by atoms with Crippen molar-refractivity contribution >= 4 is 0 Å². The molecule has 27 heavy (non-hydrogen) atoms. The van der Waals surface area contributed by atoms with Crippen LogP contribution in [-0.2, 0) is 6.54 Å². The van der Waals surface area contributed by atoms with E-state index in [2.05, 4.69) is 22.0 Å². The van der Waals surface area contributed by atoms with E-state index in [9.17, 15) is 0 Å². The highest BCUT2D eigenvalue weighted by Crippen LogP contribution is 2.43. The van der Waals surface area contributed by atoms with Gasteiger partial charge in [0.2, 0.25) is 0 Å². The van der Waals surface area contributed by atoms with Gasteiger partial charge in [-0.2, -0.15) is 0 Å². The summed E-state index contributed by atoms with van der Waals surface area (Å²) in [6.07, 6.45) is 7.72. The molecule has 148 valence electrons. The molecule has 1 heterocycles. The first-order chi connectivity index (χ1) is 13.2. The number of allylic oxidation sites excluding steroid dienone is 2. The van der Waals surface area contributed by atoms with Gasteiger partial charge in [-0.3, -0.25) is 4.90 Å². The molecule has 1 aromatic carbocycles. The van der Waals surface area contributed by atoms with E-state index in [0.717, 1.165) is 67.5 Å². The third kappa shape index (κ3) is 3.94. The van der Waals surface area contributed by atoms with E-state index in [4.69, 9.17) is 14.2 Å². The van der Waals surface area contributed by atoms with E-state index >= 15 is 0 Å². The maximum Gasteiger partial charge on any atom is 0.164 e. The van der Waals surface area contributed by atoms with Crippen molar-refractivity contribution in [2.24, 2.45) is 17.8 Å². The quantitative estimate of drug-likeness (QED) is 0.687. The zero-order chi connectivity index (χ0) is 18.8. The minimum Gasteiger partial charge on any atom is -0.496 e. The molecule has 0 amide bonds. The Balaban J connectivity index is 1.33. The Morgan fingerprint density at radius 2 is 1.48 bits per heavy atom. The third-order valence-electron chi connectivity index (χ3n) is 6.55. The average molecular weight is 373 g/mol. The Morgan fingerprint density at radius 3 is 2.07 bits per heavy atom. The Hall–Kier alpha value is -1.72. The second-order valence-electron chi connectivity index (χ2n) is 8.14. The van der Waals surface area contributed by atoms with Crippen molar-refractivity contribution in [1.29, 1.82) is 0 Å². The zero-order valence-corrected chi connectivity index (χ0v) is 16.8. The van der Waals surface area contributed by atoms with Crippen molar-refractivity contribution in [1.82, 2.24) is 9.80 Å². The molecule has 0 unspecified atom stereocenters. The lowest BCUT2D eigenvalue weighted by atomic mass is 9.93. The highest BCUT2D eigenvalue weighted by molar-refractivity contribution is 5.50. The molecule has 1 saturated heterocycles. The Labute approximate surface area is 162 Å². The number of piperazine rings is 1. The molecule has 0 aromatic heterocycles. The second-order valence-corrected chi connectivity index (χ2v) is 8.14. The number of fused-ring (bicyclic) bond motifs is 2. The summed E-state index contributed by atoms with van der Waals surface area (Å²) in [4.78, 5) is 5.18. The molecule has 3 atom stereocenters. The maximum atomic E-state index is 5.59. The summed E-state index contributed by atoms with van der Waals surface area (Å²) in [5.74, 6) is 4.95. The summed E-state index contributed by atoms with van der Waals surface area (Å²) in [6.45, 7) is 6.69. The lowest BCUT2D eigenvalue weighted by Gasteiger charge is -2.37. The van der Waals surface area contributed by atoms with Gasteiger partial charge in [-0.25, -0.2) is 0 Å². The number of nitrogens with zero attached hydrogens (tertiary/aromatic N) is 2. The van der Waals surface area contributed by atoms with Gasteiger partial charge in [-0.05, 0) is 36.7 Å². The first kappa shape index (κ1) is 18.6. The number of hydrogen-bond donors (Lipinski definition) is 0. The van der Waals surface area contributed by atoms with E-state index in [1.165, 1.54) is 19.4 Å². The SMILES string of the molecule is COc1cc(OC)c(OC)cc1CN1CCN(C[C@H]2C[C@H]3C=C[C@H]2C3)CC1. The molecule has 0 radical (unpaired) electrons.